The number of nitrogens with one attached hydrogen (secondary N) is 3. The number of hydrogen-bond acceptors (Lipinski definition) is 14. The van der Waals surface area contributed by atoms with Gasteiger partial charge in [-0.3, -0.25) is 0 Å². The van der Waals surface area contributed by atoms with E-state index in [4.69, 9.17) is 51.5 Å². The van der Waals surface area contributed by atoms with Gasteiger partial charge in [-0.1, -0.05) is 66.7 Å². The number of para-hydroxylation sites is 2. The number of halogens is 2. The van der Waals surface area contributed by atoms with Crippen molar-refractivity contribution < 1.29 is 91.4 Å². The predicted octanol–water partition coefficient (Wildman–Crippen LogP) is -4.99. The van der Waals surface area contributed by atoms with Crippen LogP contribution in [-0.4, -0.2) is 45.5 Å². The van der Waals surface area contributed by atoms with Gasteiger partial charge >= 0.3 is 19.5 Å². The molecular weight excluding hydrogens is 727 g/mol. The van der Waals surface area contributed by atoms with E-state index in [-0.39, 0.29) is 25.6 Å². The van der Waals surface area contributed by atoms with Crippen LogP contribution in [0.2, 0.25) is 0 Å². The molecule has 0 saturated carbocycles. The third kappa shape index (κ3) is 18.2. The summed E-state index contributed by atoms with van der Waals surface area (Å²) in [6.07, 6.45) is -0.300. The summed E-state index contributed by atoms with van der Waals surface area (Å²) in [5.41, 5.74) is 2.25. The van der Waals surface area contributed by atoms with Crippen molar-refractivity contribution >= 4 is 10.8 Å². The van der Waals surface area contributed by atoms with E-state index >= 15 is 0 Å². The van der Waals surface area contributed by atoms with Crippen LogP contribution < -0.4 is 67.4 Å². The van der Waals surface area contributed by atoms with Crippen LogP contribution in [0.4, 0.5) is 0 Å². The summed E-state index contributed by atoms with van der Waals surface area (Å²) >= 11 is 0. The summed E-state index contributed by atoms with van der Waals surface area (Å²) in [5, 5.41) is 12.8. The monoisotopic (exact) mass is 759 g/mol. The molecule has 1 aliphatic heterocycles. The number of hydrogen-bond donors (Lipinski definition) is 3. The first-order chi connectivity index (χ1) is 22.3. The van der Waals surface area contributed by atoms with Crippen molar-refractivity contribution in [3.8, 4) is 17.2 Å². The molecule has 0 spiro atoms. The number of ether oxygens (including phenoxy) is 3. The molecule has 3 N–H and O–H groups in total. The molecule has 5 rings (SSSR count). The Morgan fingerprint density at radius 1 is 0.542 bits per heavy atom. The van der Waals surface area contributed by atoms with Gasteiger partial charge in [-0.2, -0.15) is 0 Å². The Bertz CT molecular complexity index is 1410. The van der Waals surface area contributed by atoms with Crippen LogP contribution >= 0.6 is 0 Å². The predicted molar refractivity (Wildman–Crippen MR) is 149 cm³/mol. The van der Waals surface area contributed by atoms with Crippen molar-refractivity contribution in [2.45, 2.75) is 19.2 Å². The Morgan fingerprint density at radius 2 is 0.958 bits per heavy atom. The molecular formula is C31H35Cl2N3O11Zn. The van der Waals surface area contributed by atoms with Crippen molar-refractivity contribution in [1.29, 1.82) is 0 Å². The first kappa shape index (κ1) is 41.5. The van der Waals surface area contributed by atoms with E-state index in [0.29, 0.717) is 13.2 Å². The van der Waals surface area contributed by atoms with Crippen LogP contribution in [0.15, 0.2) is 91.0 Å². The van der Waals surface area contributed by atoms with Crippen molar-refractivity contribution in [2.24, 2.45) is 0 Å². The van der Waals surface area contributed by atoms with E-state index in [1.54, 1.807) is 0 Å². The zero-order chi connectivity index (χ0) is 34.1. The number of fused-ring (bicyclic) bond motifs is 3. The summed E-state index contributed by atoms with van der Waals surface area (Å²) in [6, 6.07) is 30.8. The van der Waals surface area contributed by atoms with Crippen LogP contribution in [0, 0.1) is 20.5 Å². The summed E-state index contributed by atoms with van der Waals surface area (Å²) in [5.74, 6) is 2.53. The molecule has 0 unspecified atom stereocenters. The van der Waals surface area contributed by atoms with Crippen molar-refractivity contribution in [1.82, 2.24) is 16.0 Å². The Labute approximate surface area is 295 Å². The molecule has 4 aromatic carbocycles. The van der Waals surface area contributed by atoms with Crippen LogP contribution in [0.3, 0.4) is 0 Å². The van der Waals surface area contributed by atoms with E-state index in [2.05, 4.69) is 52.3 Å². The molecule has 256 valence electrons. The molecule has 48 heavy (non-hydrogen) atoms. The van der Waals surface area contributed by atoms with Crippen molar-refractivity contribution in [3.05, 3.63) is 102 Å². The van der Waals surface area contributed by atoms with E-state index < -0.39 is 20.5 Å². The van der Waals surface area contributed by atoms with Gasteiger partial charge in [0.05, 0.1) is 0 Å². The van der Waals surface area contributed by atoms with Gasteiger partial charge in [-0.25, -0.2) is 37.3 Å². The molecule has 1 heterocycles. The molecule has 17 heteroatoms. The first-order valence-electron chi connectivity index (χ1n) is 14.3. The maximum Gasteiger partial charge on any atom is 2.00 e. The zero-order valence-corrected chi connectivity index (χ0v) is 30.3. The second kappa shape index (κ2) is 21.4. The normalized spacial score (nSPS) is 15.1. The second-order valence-corrected chi connectivity index (χ2v) is 11.5. The summed E-state index contributed by atoms with van der Waals surface area (Å²) in [7, 11) is -9.89. The molecule has 0 atom stereocenters. The molecule has 0 aromatic heterocycles. The largest absolute Gasteiger partial charge is 2.00 e. The van der Waals surface area contributed by atoms with Gasteiger partial charge in [-0.15, -0.1) is 20.5 Å². The summed E-state index contributed by atoms with van der Waals surface area (Å²) in [4.78, 5) is 0. The molecule has 0 fully saturated rings. The minimum atomic E-state index is -4.94. The third-order valence-electron chi connectivity index (χ3n) is 6.41. The minimum Gasteiger partial charge on any atom is -0.489 e. The fraction of sp³-hybridized carbons (Fsp3) is 0.290. The number of rotatable bonds is 2. The smallest absolute Gasteiger partial charge is 0.489 e. The molecule has 14 nitrogen and oxygen atoms in total. The fourth-order valence-corrected chi connectivity index (χ4v) is 4.42. The Morgan fingerprint density at radius 3 is 1.46 bits per heavy atom. The van der Waals surface area contributed by atoms with Crippen molar-refractivity contribution in [3.63, 3.8) is 0 Å². The van der Waals surface area contributed by atoms with Gasteiger partial charge < -0.3 is 30.2 Å². The molecule has 0 radical (unpaired) electrons. The average Bonchev–Trinajstić information content (AvgIpc) is 3.00. The summed E-state index contributed by atoms with van der Waals surface area (Å²) < 4.78 is 87.0. The maximum absolute atomic E-state index is 8.49. The Balaban J connectivity index is 0.000000639. The van der Waals surface area contributed by atoms with E-state index in [9.17, 15) is 0 Å². The molecule has 4 aromatic rings. The van der Waals surface area contributed by atoms with Gasteiger partial charge in [0.25, 0.3) is 0 Å². The third-order valence-corrected chi connectivity index (χ3v) is 6.41. The molecule has 1 aliphatic rings. The van der Waals surface area contributed by atoms with Crippen molar-refractivity contribution in [2.75, 3.05) is 39.4 Å². The molecule has 0 amide bonds. The van der Waals surface area contributed by atoms with Gasteiger partial charge in [0.1, 0.15) is 30.5 Å². The fourth-order valence-electron chi connectivity index (χ4n) is 4.42. The molecule has 0 bridgehead atoms. The van der Waals surface area contributed by atoms with Crippen LogP contribution in [0.25, 0.3) is 10.8 Å². The van der Waals surface area contributed by atoms with Gasteiger partial charge in [0, 0.05) is 50.4 Å². The van der Waals surface area contributed by atoms with E-state index in [1.165, 1.54) is 5.39 Å². The van der Waals surface area contributed by atoms with Gasteiger partial charge in [-0.05, 0) is 35.0 Å². The topological polar surface area (TPSA) is 248 Å². The van der Waals surface area contributed by atoms with E-state index in [1.807, 2.05) is 54.6 Å². The maximum atomic E-state index is 8.49. The number of benzene rings is 4. The van der Waals surface area contributed by atoms with Gasteiger partial charge in [0.2, 0.25) is 0 Å². The van der Waals surface area contributed by atoms with Crippen LogP contribution in [0.1, 0.15) is 11.1 Å². The Kier molecular flexibility index (Phi) is 18.5. The average molecular weight is 762 g/mol. The first-order valence-corrected chi connectivity index (χ1v) is 16.7. The Hall–Kier alpha value is -2.70. The van der Waals surface area contributed by atoms with Crippen LogP contribution in [0.5, 0.6) is 17.2 Å². The standard InChI is InChI=1S/C31H35N3O3.2ClHO4.Zn/c1-2-8-25-19-28(14-13-24(25)7-1)37-29-22-35-30-11-5-3-9-26(30)20-33-17-15-32-16-18-34-21-27-10-4-6-12-31(27)36-23-29;2*2-1(3,4)5;/h1-14,19,29,32-34H,15-18,20-23H2;2*(H,2,3,4,5);/q;;;+2/p-2. The summed E-state index contributed by atoms with van der Waals surface area (Å²) in [6.45, 7) is 5.82. The quantitative estimate of drug-likeness (QED) is 0.162. The molecule has 0 aliphatic carbocycles. The zero-order valence-electron chi connectivity index (χ0n) is 25.8. The molecule has 0 saturated heterocycles. The second-order valence-electron chi connectivity index (χ2n) is 9.95. The SMILES string of the molecule is [O-][Cl+3]([O-])([O-])[O-].[O-][Cl+3]([O-])([O-])[O-].[Zn+2].c1ccc2c(c1)CNCCNCCNCc1ccccc1OCC(Oc1ccc3ccccc3c1)CO2. The van der Waals surface area contributed by atoms with Gasteiger partial charge in [0.15, 0.2) is 6.10 Å². The minimum absolute atomic E-state index is 0. The van der Waals surface area contributed by atoms with E-state index in [0.717, 1.165) is 73.0 Å². The van der Waals surface area contributed by atoms with Crippen LogP contribution in [-0.2, 0) is 32.6 Å².